The minimum absolute atomic E-state index is 0.000701. The van der Waals surface area contributed by atoms with Crippen LogP contribution >= 0.6 is 0 Å². The number of nitrogens with zero attached hydrogens (tertiary/aromatic N) is 3. The van der Waals surface area contributed by atoms with Crippen molar-refractivity contribution in [3.63, 3.8) is 0 Å². The van der Waals surface area contributed by atoms with Gasteiger partial charge in [-0.25, -0.2) is 0 Å². The van der Waals surface area contributed by atoms with E-state index < -0.39 is 4.92 Å². The Labute approximate surface area is 135 Å². The molecule has 1 heterocycles. The summed E-state index contributed by atoms with van der Waals surface area (Å²) in [6.07, 6.45) is 6.79. The highest BCUT2D eigenvalue weighted by Crippen LogP contribution is 2.49. The number of nitrogens with one attached hydrogen (secondary N) is 1. The normalized spacial score (nSPS) is 27.1. The van der Waals surface area contributed by atoms with Crippen LogP contribution in [0.25, 0.3) is 0 Å². The molecule has 0 saturated heterocycles. The third kappa shape index (κ3) is 3.23. The van der Waals surface area contributed by atoms with Crippen molar-refractivity contribution in [1.82, 2.24) is 15.1 Å². The average molecular weight is 320 g/mol. The predicted molar refractivity (Wildman–Crippen MR) is 84.8 cm³/mol. The minimum atomic E-state index is -0.448. The molecule has 0 aliphatic heterocycles. The number of aryl methyl sites for hydroxylation is 1. The van der Waals surface area contributed by atoms with Crippen LogP contribution in [0.1, 0.15) is 44.7 Å². The second-order valence-electron chi connectivity index (χ2n) is 7.04. The van der Waals surface area contributed by atoms with E-state index in [2.05, 4.69) is 17.3 Å². The molecule has 2 aliphatic rings. The van der Waals surface area contributed by atoms with Crippen molar-refractivity contribution in [3.05, 3.63) is 22.0 Å². The van der Waals surface area contributed by atoms with Crippen LogP contribution in [0.5, 0.6) is 0 Å². The maximum atomic E-state index is 12.2. The van der Waals surface area contributed by atoms with E-state index in [1.54, 1.807) is 6.92 Å². The van der Waals surface area contributed by atoms with Crippen LogP contribution in [0.3, 0.4) is 0 Å². The average Bonchev–Trinajstić information content (AvgIpc) is 3.20. The molecule has 1 amide bonds. The van der Waals surface area contributed by atoms with E-state index in [-0.39, 0.29) is 17.6 Å². The summed E-state index contributed by atoms with van der Waals surface area (Å²) in [4.78, 5) is 22.5. The van der Waals surface area contributed by atoms with Gasteiger partial charge in [-0.2, -0.15) is 5.10 Å². The number of hydrogen-bond acceptors (Lipinski definition) is 4. The lowest BCUT2D eigenvalue weighted by atomic mass is 9.84. The number of fused-ring (bicyclic) bond motifs is 2. The van der Waals surface area contributed by atoms with E-state index in [4.69, 9.17) is 0 Å². The van der Waals surface area contributed by atoms with Gasteiger partial charge >= 0.3 is 5.69 Å². The number of nitro groups is 1. The van der Waals surface area contributed by atoms with Crippen molar-refractivity contribution in [3.8, 4) is 0 Å². The molecule has 2 aliphatic carbocycles. The lowest BCUT2D eigenvalue weighted by Gasteiger charge is -2.28. The number of carbonyl (C=O) groups excluding carboxylic acids is 1. The molecule has 2 saturated carbocycles. The Morgan fingerprint density at radius 1 is 1.52 bits per heavy atom. The summed E-state index contributed by atoms with van der Waals surface area (Å²) in [6, 6.07) is 0.214. The van der Waals surface area contributed by atoms with Crippen LogP contribution in [-0.2, 0) is 11.3 Å². The van der Waals surface area contributed by atoms with E-state index in [0.29, 0.717) is 24.6 Å². The fourth-order valence-electron chi connectivity index (χ4n) is 4.39. The van der Waals surface area contributed by atoms with Gasteiger partial charge in [0.05, 0.1) is 11.5 Å². The fraction of sp³-hybridized carbons (Fsp3) is 0.750. The number of amides is 1. The first-order chi connectivity index (χ1) is 11.0. The smallest absolute Gasteiger partial charge is 0.309 e. The van der Waals surface area contributed by atoms with Crippen LogP contribution in [0, 0.1) is 34.8 Å². The minimum Gasteiger partial charge on any atom is -0.353 e. The van der Waals surface area contributed by atoms with Crippen LogP contribution in [0.2, 0.25) is 0 Å². The van der Waals surface area contributed by atoms with Crippen LogP contribution in [-0.4, -0.2) is 26.7 Å². The first kappa shape index (κ1) is 16.0. The Balaban J connectivity index is 1.49. The first-order valence-electron chi connectivity index (χ1n) is 8.42. The van der Waals surface area contributed by atoms with E-state index >= 15 is 0 Å². The summed E-state index contributed by atoms with van der Waals surface area (Å²) in [6.45, 7) is 4.13. The summed E-state index contributed by atoms with van der Waals surface area (Å²) < 4.78 is 1.53. The Hall–Kier alpha value is -1.92. The van der Waals surface area contributed by atoms with Gasteiger partial charge in [0.1, 0.15) is 11.9 Å². The zero-order valence-electron chi connectivity index (χ0n) is 13.7. The molecule has 0 radical (unpaired) electrons. The molecule has 7 heteroatoms. The van der Waals surface area contributed by atoms with E-state index in [0.717, 1.165) is 11.8 Å². The molecule has 4 unspecified atom stereocenters. The van der Waals surface area contributed by atoms with Gasteiger partial charge in [0.25, 0.3) is 0 Å². The molecule has 126 valence electrons. The maximum Gasteiger partial charge on any atom is 0.309 e. The highest BCUT2D eigenvalue weighted by atomic mass is 16.6. The van der Waals surface area contributed by atoms with Gasteiger partial charge in [-0.1, -0.05) is 6.42 Å². The number of rotatable bonds is 6. The molecule has 1 aromatic rings. The summed E-state index contributed by atoms with van der Waals surface area (Å²) in [5.41, 5.74) is 0.490. The predicted octanol–water partition coefficient (Wildman–Crippen LogP) is 2.43. The molecular weight excluding hydrogens is 296 g/mol. The molecule has 23 heavy (non-hydrogen) atoms. The Kier molecular flexibility index (Phi) is 4.37. The van der Waals surface area contributed by atoms with E-state index in [9.17, 15) is 14.9 Å². The summed E-state index contributed by atoms with van der Waals surface area (Å²) in [7, 11) is 0. The fourth-order valence-corrected chi connectivity index (χ4v) is 4.39. The van der Waals surface area contributed by atoms with Gasteiger partial charge in [-0.15, -0.1) is 0 Å². The van der Waals surface area contributed by atoms with Gasteiger partial charge in [-0.05, 0) is 50.9 Å². The number of aromatic nitrogens is 2. The molecule has 7 nitrogen and oxygen atoms in total. The maximum absolute atomic E-state index is 12.2. The summed E-state index contributed by atoms with van der Waals surface area (Å²) in [5, 5.41) is 17.9. The van der Waals surface area contributed by atoms with Crippen LogP contribution in [0.4, 0.5) is 5.69 Å². The van der Waals surface area contributed by atoms with Crippen molar-refractivity contribution in [1.29, 1.82) is 0 Å². The van der Waals surface area contributed by atoms with Crippen molar-refractivity contribution in [2.75, 3.05) is 0 Å². The second kappa shape index (κ2) is 6.29. The topological polar surface area (TPSA) is 90.1 Å². The largest absolute Gasteiger partial charge is 0.353 e. The summed E-state index contributed by atoms with van der Waals surface area (Å²) >= 11 is 0. The molecule has 1 N–H and O–H groups in total. The van der Waals surface area contributed by atoms with Crippen molar-refractivity contribution in [2.24, 2.45) is 17.8 Å². The van der Waals surface area contributed by atoms with Gasteiger partial charge in [-0.3, -0.25) is 19.6 Å². The monoisotopic (exact) mass is 320 g/mol. The molecule has 0 spiro atoms. The highest BCUT2D eigenvalue weighted by molar-refractivity contribution is 5.76. The second-order valence-corrected chi connectivity index (χ2v) is 7.04. The van der Waals surface area contributed by atoms with Gasteiger partial charge in [0.15, 0.2) is 0 Å². The molecule has 2 bridgehead atoms. The molecule has 3 rings (SSSR count). The third-order valence-corrected chi connectivity index (χ3v) is 5.65. The van der Waals surface area contributed by atoms with Crippen LogP contribution < -0.4 is 5.32 Å². The zero-order valence-corrected chi connectivity index (χ0v) is 13.7. The van der Waals surface area contributed by atoms with Gasteiger partial charge < -0.3 is 5.32 Å². The van der Waals surface area contributed by atoms with Crippen molar-refractivity contribution < 1.29 is 9.72 Å². The molecule has 1 aromatic heterocycles. The van der Waals surface area contributed by atoms with Crippen molar-refractivity contribution >= 4 is 11.6 Å². The first-order valence-corrected chi connectivity index (χ1v) is 8.42. The SMILES string of the molecule is Cc1c([N+](=O)[O-])cnn1CCC(=O)NC(C)C1CC2CCC1C2. The van der Waals surface area contributed by atoms with Crippen LogP contribution in [0.15, 0.2) is 6.20 Å². The molecule has 0 aromatic carbocycles. The standard InChI is InChI=1S/C16H24N4O3/c1-10(14-8-12-3-4-13(14)7-12)18-16(21)5-6-19-11(2)15(9-17-19)20(22)23/h9-10,12-14H,3-8H2,1-2H3,(H,18,21). The van der Waals surface area contributed by atoms with E-state index in [1.165, 1.54) is 36.6 Å². The zero-order chi connectivity index (χ0) is 16.6. The van der Waals surface area contributed by atoms with Crippen molar-refractivity contribution in [2.45, 2.75) is 58.5 Å². The van der Waals surface area contributed by atoms with E-state index in [1.807, 2.05) is 0 Å². The molecule has 2 fully saturated rings. The number of carbonyl (C=O) groups is 1. The lowest BCUT2D eigenvalue weighted by molar-refractivity contribution is -0.385. The summed E-state index contributed by atoms with van der Waals surface area (Å²) in [5.74, 6) is 2.27. The quantitative estimate of drug-likeness (QED) is 0.644. The lowest BCUT2D eigenvalue weighted by Crippen LogP contribution is -2.40. The molecule has 4 atom stereocenters. The Morgan fingerprint density at radius 3 is 2.87 bits per heavy atom. The number of hydrogen-bond donors (Lipinski definition) is 1. The van der Waals surface area contributed by atoms with Gasteiger partial charge in [0, 0.05) is 12.5 Å². The highest BCUT2D eigenvalue weighted by Gasteiger charge is 2.42. The van der Waals surface area contributed by atoms with Gasteiger partial charge in [0.2, 0.25) is 5.91 Å². The Bertz CT molecular complexity index is 612. The molecular formula is C16H24N4O3. The Morgan fingerprint density at radius 2 is 2.30 bits per heavy atom. The third-order valence-electron chi connectivity index (χ3n) is 5.65.